The van der Waals surface area contributed by atoms with E-state index in [9.17, 15) is 14.0 Å². The third-order valence-electron chi connectivity index (χ3n) is 5.57. The molecule has 1 aromatic carbocycles. The van der Waals surface area contributed by atoms with Crippen molar-refractivity contribution in [1.82, 2.24) is 4.98 Å². The zero-order valence-corrected chi connectivity index (χ0v) is 16.3. The van der Waals surface area contributed by atoms with Gasteiger partial charge in [0.25, 0.3) is 5.91 Å². The van der Waals surface area contributed by atoms with E-state index in [4.69, 9.17) is 16.3 Å². The highest BCUT2D eigenvalue weighted by Crippen LogP contribution is 2.49. The van der Waals surface area contributed by atoms with E-state index in [0.29, 0.717) is 23.5 Å². The van der Waals surface area contributed by atoms with Crippen molar-refractivity contribution < 1.29 is 18.7 Å². The van der Waals surface area contributed by atoms with Crippen LogP contribution in [-0.4, -0.2) is 28.2 Å². The number of amides is 1. The van der Waals surface area contributed by atoms with Crippen LogP contribution in [0.2, 0.25) is 0 Å². The third-order valence-corrected chi connectivity index (χ3v) is 6.74. The average molecular weight is 419 g/mol. The van der Waals surface area contributed by atoms with E-state index < -0.39 is 17.8 Å². The molecule has 4 atom stereocenters. The van der Waals surface area contributed by atoms with Crippen LogP contribution in [0.4, 0.5) is 9.52 Å². The molecule has 0 spiro atoms. The molecule has 144 valence electrons. The van der Waals surface area contributed by atoms with Gasteiger partial charge in [-0.25, -0.2) is 9.37 Å². The molecule has 1 fully saturated rings. The number of nitrogens with zero attached hydrogens (tertiary/aromatic N) is 2. The standard InChI is InChI=1S/C20H16ClFN2O3S/c21-11-4-5-14-13(9-11)17(25)15-16(10-2-1-3-12(22)8-10)24(19(26)18(15)27-14)20-23-6-7-28-20/h1-3,6-8,11,13-14,16H,4-5,9H2. The van der Waals surface area contributed by atoms with E-state index in [1.54, 1.807) is 23.7 Å². The first-order valence-electron chi connectivity index (χ1n) is 9.12. The van der Waals surface area contributed by atoms with Crippen molar-refractivity contribution in [2.75, 3.05) is 4.90 Å². The number of alkyl halides is 1. The van der Waals surface area contributed by atoms with E-state index in [1.165, 1.54) is 28.4 Å². The maximum absolute atomic E-state index is 14.0. The summed E-state index contributed by atoms with van der Waals surface area (Å²) in [5, 5.41) is 2.11. The molecule has 2 aliphatic heterocycles. The number of benzene rings is 1. The lowest BCUT2D eigenvalue weighted by Crippen LogP contribution is -2.41. The van der Waals surface area contributed by atoms with Gasteiger partial charge in [0.1, 0.15) is 11.9 Å². The molecule has 3 heterocycles. The molecule has 1 saturated carbocycles. The lowest BCUT2D eigenvalue weighted by Gasteiger charge is -2.37. The summed E-state index contributed by atoms with van der Waals surface area (Å²) in [6, 6.07) is 5.20. The maximum atomic E-state index is 14.0. The summed E-state index contributed by atoms with van der Waals surface area (Å²) in [6.45, 7) is 0. The van der Waals surface area contributed by atoms with Gasteiger partial charge in [0.2, 0.25) is 0 Å². The van der Waals surface area contributed by atoms with Gasteiger partial charge < -0.3 is 4.74 Å². The average Bonchev–Trinajstić information content (AvgIpc) is 3.29. The number of thiazole rings is 1. The second-order valence-corrected chi connectivity index (χ2v) is 8.72. The Morgan fingerprint density at radius 2 is 2.14 bits per heavy atom. The molecule has 5 rings (SSSR count). The highest BCUT2D eigenvalue weighted by atomic mass is 35.5. The number of halogens is 2. The fourth-order valence-corrected chi connectivity index (χ4v) is 5.32. The van der Waals surface area contributed by atoms with Crippen molar-refractivity contribution in [3.8, 4) is 0 Å². The molecule has 1 aliphatic carbocycles. The smallest absolute Gasteiger partial charge is 0.296 e. The topological polar surface area (TPSA) is 59.5 Å². The summed E-state index contributed by atoms with van der Waals surface area (Å²) in [6.07, 6.45) is 3.15. The SMILES string of the molecule is O=C1C2=C(OC3CCC(Cl)CC13)C(=O)N(c1nccs1)C2c1cccc(F)c1. The van der Waals surface area contributed by atoms with Crippen molar-refractivity contribution in [3.05, 3.63) is 58.6 Å². The number of carbonyl (C=O) groups is 2. The second kappa shape index (κ2) is 6.67. The predicted octanol–water partition coefficient (Wildman–Crippen LogP) is 4.00. The molecular formula is C20H16ClFN2O3S. The molecule has 1 amide bonds. The first-order chi connectivity index (χ1) is 13.5. The van der Waals surface area contributed by atoms with Gasteiger partial charge in [0.05, 0.1) is 17.5 Å². The zero-order chi connectivity index (χ0) is 19.4. The Morgan fingerprint density at radius 1 is 1.29 bits per heavy atom. The number of ether oxygens (including phenoxy) is 1. The van der Waals surface area contributed by atoms with Crippen molar-refractivity contribution in [1.29, 1.82) is 0 Å². The first-order valence-corrected chi connectivity index (χ1v) is 10.4. The van der Waals surface area contributed by atoms with Crippen molar-refractivity contribution >= 4 is 39.8 Å². The summed E-state index contributed by atoms with van der Waals surface area (Å²) in [5.41, 5.74) is 0.806. The van der Waals surface area contributed by atoms with Crippen LogP contribution >= 0.6 is 22.9 Å². The Bertz CT molecular complexity index is 993. The summed E-state index contributed by atoms with van der Waals surface area (Å²) in [7, 11) is 0. The van der Waals surface area contributed by atoms with Gasteiger partial charge in [-0.3, -0.25) is 14.5 Å². The zero-order valence-electron chi connectivity index (χ0n) is 14.7. The Labute approximate surface area is 169 Å². The molecule has 0 saturated heterocycles. The quantitative estimate of drug-likeness (QED) is 0.692. The van der Waals surface area contributed by atoms with Gasteiger partial charge in [-0.05, 0) is 37.0 Å². The lowest BCUT2D eigenvalue weighted by atomic mass is 9.77. The minimum Gasteiger partial charge on any atom is -0.483 e. The summed E-state index contributed by atoms with van der Waals surface area (Å²) in [4.78, 5) is 32.3. The number of hydrogen-bond acceptors (Lipinski definition) is 5. The third kappa shape index (κ3) is 2.68. The van der Waals surface area contributed by atoms with Gasteiger partial charge in [0.15, 0.2) is 16.7 Å². The molecule has 0 bridgehead atoms. The highest BCUT2D eigenvalue weighted by molar-refractivity contribution is 7.13. The Balaban J connectivity index is 1.65. The number of fused-ring (bicyclic) bond motifs is 1. The van der Waals surface area contributed by atoms with Crippen LogP contribution in [0.1, 0.15) is 30.9 Å². The Hall–Kier alpha value is -2.25. The molecule has 0 radical (unpaired) electrons. The van der Waals surface area contributed by atoms with Crippen LogP contribution in [0.3, 0.4) is 0 Å². The van der Waals surface area contributed by atoms with E-state index in [0.717, 1.165) is 6.42 Å². The van der Waals surface area contributed by atoms with Gasteiger partial charge in [-0.15, -0.1) is 22.9 Å². The van der Waals surface area contributed by atoms with Crippen LogP contribution in [0.5, 0.6) is 0 Å². The number of carbonyl (C=O) groups excluding carboxylic acids is 2. The first kappa shape index (κ1) is 17.8. The number of ketones is 1. The highest BCUT2D eigenvalue weighted by Gasteiger charge is 2.53. The number of hydrogen-bond donors (Lipinski definition) is 0. The predicted molar refractivity (Wildman–Crippen MR) is 103 cm³/mol. The number of rotatable bonds is 2. The van der Waals surface area contributed by atoms with Crippen LogP contribution in [-0.2, 0) is 14.3 Å². The van der Waals surface area contributed by atoms with Gasteiger partial charge >= 0.3 is 0 Å². The fraction of sp³-hybridized carbons (Fsp3) is 0.350. The normalized spacial score (nSPS) is 29.6. The van der Waals surface area contributed by atoms with Crippen molar-refractivity contribution in [2.45, 2.75) is 36.8 Å². The Morgan fingerprint density at radius 3 is 2.89 bits per heavy atom. The fourth-order valence-electron chi connectivity index (χ4n) is 4.34. The number of anilines is 1. The molecule has 4 unspecified atom stereocenters. The van der Waals surface area contributed by atoms with E-state index in [2.05, 4.69) is 4.98 Å². The summed E-state index contributed by atoms with van der Waals surface area (Å²) in [5.74, 6) is -1.27. The summed E-state index contributed by atoms with van der Waals surface area (Å²) < 4.78 is 20.0. The van der Waals surface area contributed by atoms with Crippen LogP contribution in [0, 0.1) is 11.7 Å². The van der Waals surface area contributed by atoms with Gasteiger partial charge in [-0.1, -0.05) is 12.1 Å². The van der Waals surface area contributed by atoms with Gasteiger partial charge in [0, 0.05) is 17.0 Å². The molecule has 8 heteroatoms. The van der Waals surface area contributed by atoms with Crippen molar-refractivity contribution in [3.63, 3.8) is 0 Å². The number of aromatic nitrogens is 1. The molecule has 2 aromatic rings. The number of Topliss-reactive ketones (excluding diaryl/α,β-unsaturated/α-hetero) is 1. The van der Waals surface area contributed by atoms with Crippen LogP contribution in [0.15, 0.2) is 47.2 Å². The lowest BCUT2D eigenvalue weighted by molar-refractivity contribution is -0.131. The maximum Gasteiger partial charge on any atom is 0.296 e. The second-order valence-electron chi connectivity index (χ2n) is 7.23. The van der Waals surface area contributed by atoms with Gasteiger partial charge in [-0.2, -0.15) is 0 Å². The molecule has 5 nitrogen and oxygen atoms in total. The van der Waals surface area contributed by atoms with E-state index in [1.807, 2.05) is 0 Å². The minimum atomic E-state index is -0.756. The van der Waals surface area contributed by atoms with E-state index in [-0.39, 0.29) is 34.5 Å². The minimum absolute atomic E-state index is 0.0729. The molecule has 0 N–H and O–H groups in total. The monoisotopic (exact) mass is 418 g/mol. The van der Waals surface area contributed by atoms with Crippen LogP contribution < -0.4 is 4.90 Å². The van der Waals surface area contributed by atoms with Crippen molar-refractivity contribution in [2.24, 2.45) is 5.92 Å². The molecule has 28 heavy (non-hydrogen) atoms. The van der Waals surface area contributed by atoms with E-state index >= 15 is 0 Å². The molecular weight excluding hydrogens is 403 g/mol. The largest absolute Gasteiger partial charge is 0.483 e. The Kier molecular flexibility index (Phi) is 4.25. The molecule has 3 aliphatic rings. The summed E-state index contributed by atoms with van der Waals surface area (Å²) >= 11 is 7.58. The molecule has 1 aromatic heterocycles. The van der Waals surface area contributed by atoms with Crippen LogP contribution in [0.25, 0.3) is 0 Å².